The highest BCUT2D eigenvalue weighted by molar-refractivity contribution is 5.08. The first-order valence-electron chi connectivity index (χ1n) is 5.62. The molecule has 1 aromatic heterocycles. The van der Waals surface area contributed by atoms with Crippen molar-refractivity contribution in [3.8, 4) is 0 Å². The van der Waals surface area contributed by atoms with Crippen LogP contribution in [0.3, 0.4) is 0 Å². The van der Waals surface area contributed by atoms with E-state index in [9.17, 15) is 0 Å². The molecule has 0 saturated carbocycles. The monoisotopic (exact) mass is 208 g/mol. The van der Waals surface area contributed by atoms with E-state index in [0.717, 1.165) is 25.3 Å². The molecule has 0 bridgehead atoms. The van der Waals surface area contributed by atoms with Gasteiger partial charge < -0.3 is 5.73 Å². The molecule has 1 aliphatic heterocycles. The Morgan fingerprint density at radius 3 is 3.00 bits per heavy atom. The molecule has 2 heterocycles. The quantitative estimate of drug-likeness (QED) is 0.776. The number of hydrogen-bond acceptors (Lipinski definition) is 3. The van der Waals surface area contributed by atoms with Crippen molar-refractivity contribution < 1.29 is 0 Å². The van der Waals surface area contributed by atoms with Gasteiger partial charge in [0.2, 0.25) is 0 Å². The molecule has 0 aliphatic carbocycles. The summed E-state index contributed by atoms with van der Waals surface area (Å²) in [7, 11) is 2.01. The fourth-order valence-electron chi connectivity index (χ4n) is 2.28. The van der Waals surface area contributed by atoms with Gasteiger partial charge in [0.1, 0.15) is 0 Å². The molecule has 4 heteroatoms. The molecular weight excluding hydrogens is 188 g/mol. The van der Waals surface area contributed by atoms with Gasteiger partial charge >= 0.3 is 0 Å². The Balaban J connectivity index is 1.99. The van der Waals surface area contributed by atoms with Gasteiger partial charge in [-0.3, -0.25) is 9.58 Å². The summed E-state index contributed by atoms with van der Waals surface area (Å²) in [4.78, 5) is 2.42. The number of rotatable bonds is 2. The van der Waals surface area contributed by atoms with Crippen molar-refractivity contribution in [3.05, 3.63) is 17.5 Å². The van der Waals surface area contributed by atoms with Crippen LogP contribution < -0.4 is 5.73 Å². The first kappa shape index (κ1) is 10.6. The zero-order valence-electron chi connectivity index (χ0n) is 9.61. The summed E-state index contributed by atoms with van der Waals surface area (Å²) >= 11 is 0. The third-order valence-electron chi connectivity index (χ3n) is 3.03. The van der Waals surface area contributed by atoms with Crippen molar-refractivity contribution in [1.29, 1.82) is 0 Å². The largest absolute Gasteiger partial charge is 0.327 e. The molecule has 1 atom stereocenters. The number of hydrogen-bond donors (Lipinski definition) is 1. The molecule has 0 radical (unpaired) electrons. The number of aryl methyl sites for hydroxylation is 2. The van der Waals surface area contributed by atoms with Crippen LogP contribution in [0.1, 0.15) is 24.2 Å². The van der Waals surface area contributed by atoms with Crippen LogP contribution in [0.15, 0.2) is 6.07 Å². The fraction of sp³-hybridized carbons (Fsp3) is 0.727. The SMILES string of the molecule is Cc1cc(CN2CCC[C@@H](N)C2)n(C)n1. The first-order chi connectivity index (χ1) is 7.15. The molecule has 1 aliphatic rings. The van der Waals surface area contributed by atoms with E-state index in [1.807, 2.05) is 18.7 Å². The molecule has 0 unspecified atom stereocenters. The Hall–Kier alpha value is -0.870. The molecule has 2 rings (SSSR count). The van der Waals surface area contributed by atoms with E-state index in [-0.39, 0.29) is 0 Å². The molecule has 0 amide bonds. The van der Waals surface area contributed by atoms with Crippen molar-refractivity contribution in [3.63, 3.8) is 0 Å². The van der Waals surface area contributed by atoms with Crippen LogP contribution in [0.2, 0.25) is 0 Å². The molecule has 1 fully saturated rings. The third kappa shape index (κ3) is 2.58. The molecule has 1 saturated heterocycles. The average molecular weight is 208 g/mol. The van der Waals surface area contributed by atoms with E-state index >= 15 is 0 Å². The molecule has 84 valence electrons. The van der Waals surface area contributed by atoms with Gasteiger partial charge in [-0.1, -0.05) is 0 Å². The standard InChI is InChI=1S/C11H20N4/c1-9-6-11(14(2)13-9)8-15-5-3-4-10(12)7-15/h6,10H,3-5,7-8,12H2,1-2H3/t10-/m1/s1. The Labute approximate surface area is 91.1 Å². The van der Waals surface area contributed by atoms with E-state index in [1.54, 1.807) is 0 Å². The van der Waals surface area contributed by atoms with Crippen LogP contribution in [0.4, 0.5) is 0 Å². The van der Waals surface area contributed by atoms with Gasteiger partial charge in [0.05, 0.1) is 11.4 Å². The van der Waals surface area contributed by atoms with Gasteiger partial charge in [0.15, 0.2) is 0 Å². The fourth-order valence-corrected chi connectivity index (χ4v) is 2.28. The minimum atomic E-state index is 0.355. The van der Waals surface area contributed by atoms with Crippen LogP contribution in [0, 0.1) is 6.92 Å². The smallest absolute Gasteiger partial charge is 0.0597 e. The lowest BCUT2D eigenvalue weighted by Gasteiger charge is -2.30. The highest BCUT2D eigenvalue weighted by Crippen LogP contribution is 2.12. The maximum atomic E-state index is 5.96. The second-order valence-electron chi connectivity index (χ2n) is 4.54. The zero-order chi connectivity index (χ0) is 10.8. The lowest BCUT2D eigenvalue weighted by atomic mass is 10.1. The first-order valence-corrected chi connectivity index (χ1v) is 5.62. The lowest BCUT2D eigenvalue weighted by Crippen LogP contribution is -2.42. The molecule has 0 spiro atoms. The molecular formula is C11H20N4. The maximum absolute atomic E-state index is 5.96. The average Bonchev–Trinajstić information content (AvgIpc) is 2.45. The van der Waals surface area contributed by atoms with Crippen LogP contribution >= 0.6 is 0 Å². The van der Waals surface area contributed by atoms with Crippen molar-refractivity contribution in [2.24, 2.45) is 12.8 Å². The Morgan fingerprint density at radius 1 is 1.60 bits per heavy atom. The highest BCUT2D eigenvalue weighted by Gasteiger charge is 2.17. The normalized spacial score (nSPS) is 23.3. The number of aromatic nitrogens is 2. The van der Waals surface area contributed by atoms with Gasteiger partial charge in [0, 0.05) is 26.2 Å². The molecule has 2 N–H and O–H groups in total. The minimum absolute atomic E-state index is 0.355. The van der Waals surface area contributed by atoms with Crippen LogP contribution in [-0.4, -0.2) is 33.8 Å². The Morgan fingerprint density at radius 2 is 2.40 bits per heavy atom. The number of piperidine rings is 1. The van der Waals surface area contributed by atoms with Gasteiger partial charge in [-0.2, -0.15) is 5.10 Å². The lowest BCUT2D eigenvalue weighted by molar-refractivity contribution is 0.197. The van der Waals surface area contributed by atoms with Gasteiger partial charge in [0.25, 0.3) is 0 Å². The van der Waals surface area contributed by atoms with E-state index in [1.165, 1.54) is 18.5 Å². The van der Waals surface area contributed by atoms with Crippen molar-refractivity contribution in [1.82, 2.24) is 14.7 Å². The summed E-state index contributed by atoms with van der Waals surface area (Å²) in [6, 6.07) is 2.51. The van der Waals surface area contributed by atoms with Gasteiger partial charge in [-0.15, -0.1) is 0 Å². The number of nitrogens with two attached hydrogens (primary N) is 1. The van der Waals surface area contributed by atoms with Crippen LogP contribution in [0.25, 0.3) is 0 Å². The maximum Gasteiger partial charge on any atom is 0.0597 e. The van der Waals surface area contributed by atoms with E-state index < -0.39 is 0 Å². The predicted molar refractivity (Wildman–Crippen MR) is 60.4 cm³/mol. The summed E-state index contributed by atoms with van der Waals surface area (Å²) in [6.07, 6.45) is 2.39. The Bertz CT molecular complexity index is 331. The van der Waals surface area contributed by atoms with E-state index in [4.69, 9.17) is 5.73 Å². The second kappa shape index (κ2) is 4.33. The van der Waals surface area contributed by atoms with Crippen molar-refractivity contribution in [2.45, 2.75) is 32.4 Å². The van der Waals surface area contributed by atoms with Crippen LogP contribution in [0.5, 0.6) is 0 Å². The molecule has 0 aromatic carbocycles. The highest BCUT2D eigenvalue weighted by atomic mass is 15.3. The topological polar surface area (TPSA) is 47.1 Å². The van der Waals surface area contributed by atoms with Crippen molar-refractivity contribution >= 4 is 0 Å². The predicted octanol–water partition coefficient (Wildman–Crippen LogP) is 0.652. The minimum Gasteiger partial charge on any atom is -0.327 e. The second-order valence-corrected chi connectivity index (χ2v) is 4.54. The van der Waals surface area contributed by atoms with Gasteiger partial charge in [-0.25, -0.2) is 0 Å². The molecule has 15 heavy (non-hydrogen) atoms. The molecule has 1 aromatic rings. The summed E-state index contributed by atoms with van der Waals surface area (Å²) in [5.41, 5.74) is 8.33. The van der Waals surface area contributed by atoms with Gasteiger partial charge in [-0.05, 0) is 32.4 Å². The summed E-state index contributed by atoms with van der Waals surface area (Å²) in [5, 5.41) is 4.35. The molecule has 4 nitrogen and oxygen atoms in total. The number of nitrogens with zero attached hydrogens (tertiary/aromatic N) is 3. The number of likely N-dealkylation sites (tertiary alicyclic amines) is 1. The van der Waals surface area contributed by atoms with E-state index in [2.05, 4.69) is 16.1 Å². The van der Waals surface area contributed by atoms with Crippen molar-refractivity contribution in [2.75, 3.05) is 13.1 Å². The summed E-state index contributed by atoms with van der Waals surface area (Å²) < 4.78 is 1.97. The van der Waals surface area contributed by atoms with Crippen LogP contribution in [-0.2, 0) is 13.6 Å². The summed E-state index contributed by atoms with van der Waals surface area (Å²) in [6.45, 7) is 5.19. The summed E-state index contributed by atoms with van der Waals surface area (Å²) in [5.74, 6) is 0. The van der Waals surface area contributed by atoms with E-state index in [0.29, 0.717) is 6.04 Å². The Kier molecular flexibility index (Phi) is 3.07. The third-order valence-corrected chi connectivity index (χ3v) is 3.03. The zero-order valence-corrected chi connectivity index (χ0v) is 9.61.